The zero-order chi connectivity index (χ0) is 39.9. The molecular weight excluding hydrogens is 719 g/mol. The van der Waals surface area contributed by atoms with Crippen molar-refractivity contribution in [3.05, 3.63) is 186 Å². The van der Waals surface area contributed by atoms with Crippen molar-refractivity contribution in [2.75, 3.05) is 27.2 Å². The number of fused-ring (bicyclic) bond motifs is 1. The predicted molar refractivity (Wildman–Crippen MR) is 229 cm³/mol. The average Bonchev–Trinajstić information content (AvgIpc) is 3.77. The molecule has 2 fully saturated rings. The molecule has 8 rings (SSSR count). The fraction of sp³-hybridized carbons (Fsp3) is 0.300. The number of piperidine rings is 1. The minimum Gasteiger partial charge on any atom is -0.334 e. The highest BCUT2D eigenvalue weighted by Gasteiger charge is 2.41. The van der Waals surface area contributed by atoms with Crippen molar-refractivity contribution in [3.63, 3.8) is 0 Å². The summed E-state index contributed by atoms with van der Waals surface area (Å²) in [6, 6.07) is 49.0. The molecule has 8 heteroatoms. The molecule has 296 valence electrons. The Hall–Kier alpha value is -5.83. The van der Waals surface area contributed by atoms with Gasteiger partial charge in [0.05, 0.1) is 25.2 Å². The molecule has 0 spiro atoms. The molecule has 6 aromatic rings. The lowest BCUT2D eigenvalue weighted by Gasteiger charge is -2.46. The second kappa shape index (κ2) is 17.8. The van der Waals surface area contributed by atoms with E-state index >= 15 is 0 Å². The molecule has 1 saturated heterocycles. The smallest absolute Gasteiger partial charge is 0.263 e. The van der Waals surface area contributed by atoms with Gasteiger partial charge in [-0.2, -0.15) is 0 Å². The fourth-order valence-electron chi connectivity index (χ4n) is 9.47. The summed E-state index contributed by atoms with van der Waals surface area (Å²) >= 11 is 0. The molecule has 0 bridgehead atoms. The lowest BCUT2D eigenvalue weighted by Crippen LogP contribution is -2.56. The molecule has 2 heterocycles. The van der Waals surface area contributed by atoms with Crippen molar-refractivity contribution in [1.29, 1.82) is 0 Å². The number of aromatic nitrogens is 2. The fourth-order valence-corrected chi connectivity index (χ4v) is 9.47. The summed E-state index contributed by atoms with van der Waals surface area (Å²) < 4.78 is 2.18. The highest BCUT2D eigenvalue weighted by molar-refractivity contribution is 5.96. The molecule has 1 N–H and O–H groups in total. The monoisotopic (exact) mass is 771 g/mol. The summed E-state index contributed by atoms with van der Waals surface area (Å²) in [5.74, 6) is 0.904. The number of benzene rings is 5. The number of carbonyl (C=O) groups excluding carboxylic acids is 2. The Morgan fingerprint density at radius 3 is 1.95 bits per heavy atom. The first-order chi connectivity index (χ1) is 28.4. The van der Waals surface area contributed by atoms with Crippen molar-refractivity contribution < 1.29 is 14.4 Å². The molecule has 4 atom stereocenters. The topological polar surface area (TPSA) is 79.7 Å². The third-order valence-electron chi connectivity index (χ3n) is 12.5. The second-order valence-electron chi connectivity index (χ2n) is 15.9. The van der Waals surface area contributed by atoms with E-state index in [0.717, 1.165) is 52.9 Å². The Balaban J connectivity index is 1.10. The molecule has 5 aromatic carbocycles. The number of carbonyl (C=O) groups is 2. The number of likely N-dealkylation sites (N-methyl/N-ethyl adjacent to an activating group) is 1. The van der Waals surface area contributed by atoms with Gasteiger partial charge in [-0.15, -0.1) is 0 Å². The van der Waals surface area contributed by atoms with Crippen LogP contribution in [0.3, 0.4) is 0 Å². The Labute approximate surface area is 342 Å². The van der Waals surface area contributed by atoms with Gasteiger partial charge >= 0.3 is 0 Å². The summed E-state index contributed by atoms with van der Waals surface area (Å²) in [5, 5.41) is 4.94. The van der Waals surface area contributed by atoms with E-state index in [1.165, 1.54) is 31.4 Å². The van der Waals surface area contributed by atoms with Crippen molar-refractivity contribution in [1.82, 2.24) is 24.8 Å². The van der Waals surface area contributed by atoms with E-state index in [2.05, 4.69) is 112 Å². The molecule has 1 aromatic heterocycles. The minimum absolute atomic E-state index is 0.0447. The van der Waals surface area contributed by atoms with E-state index in [1.54, 1.807) is 7.05 Å². The Morgan fingerprint density at radius 1 is 0.776 bits per heavy atom. The highest BCUT2D eigenvalue weighted by Crippen LogP contribution is 2.42. The summed E-state index contributed by atoms with van der Waals surface area (Å²) in [6.45, 7) is 1.21. The lowest BCUT2D eigenvalue weighted by atomic mass is 9.72. The zero-order valence-electron chi connectivity index (χ0n) is 33.5. The first-order valence-corrected chi connectivity index (χ1v) is 20.7. The molecule has 2 aliphatic rings. The molecule has 1 saturated carbocycles. The van der Waals surface area contributed by atoms with Gasteiger partial charge in [0.25, 0.3) is 11.8 Å². The van der Waals surface area contributed by atoms with Crippen LogP contribution in [0.1, 0.15) is 64.8 Å². The molecule has 58 heavy (non-hydrogen) atoms. The molecule has 8 nitrogen and oxygen atoms in total. The summed E-state index contributed by atoms with van der Waals surface area (Å²) in [5.41, 5.74) is 6.14. The maximum atomic E-state index is 14.5. The number of nitrogens with zero attached hydrogens (tertiary/aromatic N) is 4. The van der Waals surface area contributed by atoms with E-state index in [-0.39, 0.29) is 17.9 Å². The number of imidazole rings is 1. The zero-order valence-corrected chi connectivity index (χ0v) is 33.5. The van der Waals surface area contributed by atoms with Crippen molar-refractivity contribution in [3.8, 4) is 11.1 Å². The molecule has 0 radical (unpaired) electrons. The van der Waals surface area contributed by atoms with Crippen molar-refractivity contribution >= 4 is 11.8 Å². The van der Waals surface area contributed by atoms with E-state index in [4.69, 9.17) is 9.82 Å². The van der Waals surface area contributed by atoms with Gasteiger partial charge in [-0.05, 0) is 64.6 Å². The van der Waals surface area contributed by atoms with Gasteiger partial charge in [0, 0.05) is 44.4 Å². The number of amides is 2. The Kier molecular flexibility index (Phi) is 11.9. The van der Waals surface area contributed by atoms with E-state index in [9.17, 15) is 9.59 Å². The van der Waals surface area contributed by atoms with Crippen molar-refractivity contribution in [2.45, 2.75) is 56.1 Å². The number of likely N-dealkylation sites (tertiary alicyclic amines) is 1. The molecular formula is C50H53N5O3. The third-order valence-corrected chi connectivity index (χ3v) is 12.5. The maximum Gasteiger partial charge on any atom is 0.263 e. The largest absolute Gasteiger partial charge is 0.334 e. The molecule has 1 aliphatic carbocycles. The van der Waals surface area contributed by atoms with E-state index in [1.807, 2.05) is 60.9 Å². The number of hydrogen-bond donors (Lipinski definition) is 1. The Bertz CT molecular complexity index is 2170. The first kappa shape index (κ1) is 39.0. The molecule has 0 unspecified atom stereocenters. The predicted octanol–water partition coefficient (Wildman–Crippen LogP) is 8.63. The van der Waals surface area contributed by atoms with Crippen LogP contribution in [-0.4, -0.2) is 70.7 Å². The van der Waals surface area contributed by atoms with Crippen LogP contribution < -0.4 is 5.32 Å². The van der Waals surface area contributed by atoms with Crippen LogP contribution in [0.2, 0.25) is 0 Å². The van der Waals surface area contributed by atoms with Gasteiger partial charge in [-0.3, -0.25) is 14.4 Å². The normalized spacial score (nSPS) is 18.6. The average molecular weight is 772 g/mol. The van der Waals surface area contributed by atoms with Crippen LogP contribution in [0.4, 0.5) is 0 Å². The van der Waals surface area contributed by atoms with Crippen LogP contribution in [0, 0.1) is 11.8 Å². The van der Waals surface area contributed by atoms with Gasteiger partial charge in [0.15, 0.2) is 0 Å². The van der Waals surface area contributed by atoms with Crippen LogP contribution >= 0.6 is 0 Å². The summed E-state index contributed by atoms with van der Waals surface area (Å²) in [6.07, 6.45) is 9.98. The second-order valence-corrected chi connectivity index (χ2v) is 15.9. The van der Waals surface area contributed by atoms with Gasteiger partial charge in [-0.1, -0.05) is 153 Å². The van der Waals surface area contributed by atoms with Gasteiger partial charge in [0.2, 0.25) is 0 Å². The summed E-state index contributed by atoms with van der Waals surface area (Å²) in [4.78, 5) is 41.1. The van der Waals surface area contributed by atoms with E-state index < -0.39 is 11.6 Å². The lowest BCUT2D eigenvalue weighted by molar-refractivity contribution is -0.171. The van der Waals surface area contributed by atoms with Crippen LogP contribution in [0.25, 0.3) is 11.1 Å². The SMILES string of the molecule is CON(C)C(=O)[C@H](Cc1cn(C(c2ccccc2)(c2ccccc2)c2ccccc2)cn1)NC[C@@H]1C[C@H]2CCCC[C@@H]2CN1C(=O)c1cccc(-c2ccccc2)c1. The minimum atomic E-state index is -0.720. The quantitative estimate of drug-likeness (QED) is 0.0940. The maximum absolute atomic E-state index is 14.5. The van der Waals surface area contributed by atoms with Crippen molar-refractivity contribution in [2.24, 2.45) is 11.8 Å². The Morgan fingerprint density at radius 2 is 1.34 bits per heavy atom. The first-order valence-electron chi connectivity index (χ1n) is 20.7. The van der Waals surface area contributed by atoms with Gasteiger partial charge in [0.1, 0.15) is 5.54 Å². The van der Waals surface area contributed by atoms with Gasteiger partial charge in [-0.25, -0.2) is 10.0 Å². The van der Waals surface area contributed by atoms with E-state index in [0.29, 0.717) is 30.4 Å². The standard InChI is InChI=1S/C50H53N5O3/c1-53(58-2)49(57)47(32-45-35-54(36-52-45)50(42-24-9-4-10-25-42,43-26-11-5-12-27-43)44-28-13-6-14-29-44)51-33-46-31-39-20-15-16-21-41(39)34-55(46)48(56)40-23-17-22-38(30-40)37-18-7-3-8-19-37/h3-14,17-19,22-30,35-36,39,41,46-47,51H,15-16,20-21,31-34H2,1-2H3/t39-,41-,46+,47+/m1/s1. The van der Waals surface area contributed by atoms with Crippen LogP contribution in [0.5, 0.6) is 0 Å². The van der Waals surface area contributed by atoms with Crippen LogP contribution in [-0.2, 0) is 21.6 Å². The van der Waals surface area contributed by atoms with Gasteiger partial charge < -0.3 is 14.8 Å². The number of hydrogen-bond acceptors (Lipinski definition) is 5. The summed E-state index contributed by atoms with van der Waals surface area (Å²) in [7, 11) is 3.15. The number of nitrogens with one attached hydrogen (secondary N) is 1. The van der Waals surface area contributed by atoms with Crippen LogP contribution in [0.15, 0.2) is 158 Å². The molecule has 2 amide bonds. The molecule has 1 aliphatic heterocycles. The number of rotatable bonds is 13. The highest BCUT2D eigenvalue weighted by atomic mass is 16.7. The third kappa shape index (κ3) is 8.00. The number of hydroxylamine groups is 2.